The Morgan fingerprint density at radius 2 is 0.709 bits per heavy atom. The lowest BCUT2D eigenvalue weighted by molar-refractivity contribution is 0.669. The summed E-state index contributed by atoms with van der Waals surface area (Å²) in [5.41, 5.74) is 13.9. The fraction of sp³-hybridized carbons (Fsp3) is 0. The Hall–Kier alpha value is -7.22. The zero-order chi connectivity index (χ0) is 36.3. The molecule has 55 heavy (non-hydrogen) atoms. The van der Waals surface area contributed by atoms with Gasteiger partial charge in [-0.1, -0.05) is 164 Å². The minimum Gasteiger partial charge on any atom is -0.456 e. The molecule has 0 fully saturated rings. The molecule has 0 atom stereocenters. The van der Waals surface area contributed by atoms with Crippen molar-refractivity contribution >= 4 is 54.3 Å². The van der Waals surface area contributed by atoms with Crippen molar-refractivity contribution in [3.8, 4) is 55.6 Å². The van der Waals surface area contributed by atoms with Crippen LogP contribution in [-0.4, -0.2) is 0 Å². The standard InChI is InChI=1S/C54H34O/c1-4-14-35(15-5-1)48-33-42(30-41-20-10-11-21-43(41)48)39-26-29-47-50(32-39)54(37-18-8-3-9-19-37)49-31-38(25-28-46(49)53(47)36-16-6-2-7-17-36)40-24-27-45-44-22-12-13-23-51(44)55-52(45)34-40/h1-34H. The van der Waals surface area contributed by atoms with Crippen LogP contribution < -0.4 is 0 Å². The van der Waals surface area contributed by atoms with Crippen molar-refractivity contribution in [3.05, 3.63) is 206 Å². The highest BCUT2D eigenvalue weighted by atomic mass is 16.3. The van der Waals surface area contributed by atoms with Crippen molar-refractivity contribution in [2.75, 3.05) is 0 Å². The van der Waals surface area contributed by atoms with Gasteiger partial charge < -0.3 is 4.42 Å². The van der Waals surface area contributed by atoms with Gasteiger partial charge in [-0.05, 0) is 130 Å². The molecule has 0 aliphatic carbocycles. The molecule has 11 rings (SSSR count). The lowest BCUT2D eigenvalue weighted by atomic mass is 9.83. The number of hydrogen-bond acceptors (Lipinski definition) is 1. The van der Waals surface area contributed by atoms with E-state index in [2.05, 4.69) is 194 Å². The highest BCUT2D eigenvalue weighted by molar-refractivity contribution is 6.22. The van der Waals surface area contributed by atoms with Crippen molar-refractivity contribution in [1.29, 1.82) is 0 Å². The predicted molar refractivity (Wildman–Crippen MR) is 233 cm³/mol. The van der Waals surface area contributed by atoms with E-state index in [0.29, 0.717) is 0 Å². The number of fused-ring (bicyclic) bond motifs is 6. The summed E-state index contributed by atoms with van der Waals surface area (Å²) in [6.07, 6.45) is 0. The van der Waals surface area contributed by atoms with Gasteiger partial charge >= 0.3 is 0 Å². The molecule has 0 N–H and O–H groups in total. The highest BCUT2D eigenvalue weighted by Gasteiger charge is 2.19. The summed E-state index contributed by atoms with van der Waals surface area (Å²) in [7, 11) is 0. The SMILES string of the molecule is c1ccc(-c2cc(-c3ccc4c(-c5ccccc5)c5ccc(-c6ccc7c(c6)oc6ccccc67)cc5c(-c5ccccc5)c4c3)cc3ccccc23)cc1. The van der Waals surface area contributed by atoms with Crippen molar-refractivity contribution in [3.63, 3.8) is 0 Å². The largest absolute Gasteiger partial charge is 0.456 e. The molecule has 1 heterocycles. The van der Waals surface area contributed by atoms with Crippen molar-refractivity contribution in [2.24, 2.45) is 0 Å². The lowest BCUT2D eigenvalue weighted by Crippen LogP contribution is -1.93. The second kappa shape index (κ2) is 12.7. The second-order valence-corrected chi connectivity index (χ2v) is 14.4. The summed E-state index contributed by atoms with van der Waals surface area (Å²) in [6, 6.07) is 74.9. The van der Waals surface area contributed by atoms with Gasteiger partial charge in [0.2, 0.25) is 0 Å². The van der Waals surface area contributed by atoms with Crippen LogP contribution in [0.1, 0.15) is 0 Å². The summed E-state index contributed by atoms with van der Waals surface area (Å²) in [4.78, 5) is 0. The van der Waals surface area contributed by atoms with E-state index in [1.165, 1.54) is 76.8 Å². The van der Waals surface area contributed by atoms with Crippen LogP contribution in [0.4, 0.5) is 0 Å². The Kier molecular flexibility index (Phi) is 7.25. The Morgan fingerprint density at radius 1 is 0.236 bits per heavy atom. The van der Waals surface area contributed by atoms with Gasteiger partial charge in [0, 0.05) is 10.8 Å². The van der Waals surface area contributed by atoms with E-state index in [9.17, 15) is 0 Å². The molecule has 0 amide bonds. The van der Waals surface area contributed by atoms with Gasteiger partial charge in [-0.3, -0.25) is 0 Å². The lowest BCUT2D eigenvalue weighted by Gasteiger charge is -2.20. The molecule has 0 unspecified atom stereocenters. The highest BCUT2D eigenvalue weighted by Crippen LogP contribution is 2.46. The Bertz CT molecular complexity index is 3230. The van der Waals surface area contributed by atoms with E-state index in [-0.39, 0.29) is 0 Å². The summed E-state index contributed by atoms with van der Waals surface area (Å²) < 4.78 is 6.35. The fourth-order valence-corrected chi connectivity index (χ4v) is 8.66. The van der Waals surface area contributed by atoms with Crippen molar-refractivity contribution < 1.29 is 4.42 Å². The third-order valence-electron chi connectivity index (χ3n) is 11.2. The first-order valence-electron chi connectivity index (χ1n) is 18.9. The first kappa shape index (κ1) is 31.3. The van der Waals surface area contributed by atoms with Gasteiger partial charge in [-0.25, -0.2) is 0 Å². The van der Waals surface area contributed by atoms with Gasteiger partial charge in [-0.15, -0.1) is 0 Å². The minimum atomic E-state index is 0.903. The van der Waals surface area contributed by atoms with Crippen LogP contribution in [-0.2, 0) is 0 Å². The van der Waals surface area contributed by atoms with Crippen LogP contribution in [0.5, 0.6) is 0 Å². The van der Waals surface area contributed by atoms with E-state index in [1.807, 2.05) is 12.1 Å². The average Bonchev–Trinajstić information content (AvgIpc) is 3.63. The van der Waals surface area contributed by atoms with Crippen LogP contribution >= 0.6 is 0 Å². The number of para-hydroxylation sites is 1. The van der Waals surface area contributed by atoms with E-state index in [4.69, 9.17) is 4.42 Å². The molecule has 0 saturated heterocycles. The van der Waals surface area contributed by atoms with Gasteiger partial charge in [0.25, 0.3) is 0 Å². The average molecular weight is 699 g/mol. The zero-order valence-electron chi connectivity index (χ0n) is 30.0. The van der Waals surface area contributed by atoms with Crippen molar-refractivity contribution in [1.82, 2.24) is 0 Å². The molecular formula is C54H34O. The quantitative estimate of drug-likeness (QED) is 0.163. The van der Waals surface area contributed by atoms with Gasteiger partial charge in [0.05, 0.1) is 0 Å². The molecule has 0 aliphatic heterocycles. The van der Waals surface area contributed by atoms with Crippen LogP contribution in [0.3, 0.4) is 0 Å². The Morgan fingerprint density at radius 3 is 1.36 bits per heavy atom. The molecule has 0 saturated carbocycles. The summed E-state index contributed by atoms with van der Waals surface area (Å²) in [5.74, 6) is 0. The van der Waals surface area contributed by atoms with E-state index < -0.39 is 0 Å². The summed E-state index contributed by atoms with van der Waals surface area (Å²) in [6.45, 7) is 0. The molecule has 0 spiro atoms. The van der Waals surface area contributed by atoms with Crippen LogP contribution in [0.2, 0.25) is 0 Å². The molecule has 1 aromatic heterocycles. The normalized spacial score (nSPS) is 11.6. The molecule has 11 aromatic rings. The third-order valence-corrected chi connectivity index (χ3v) is 11.2. The molecule has 10 aromatic carbocycles. The molecule has 1 heteroatoms. The molecule has 0 bridgehead atoms. The predicted octanol–water partition coefficient (Wildman–Crippen LogP) is 15.4. The second-order valence-electron chi connectivity index (χ2n) is 14.4. The van der Waals surface area contributed by atoms with Crippen molar-refractivity contribution in [2.45, 2.75) is 0 Å². The maximum absolute atomic E-state index is 6.35. The van der Waals surface area contributed by atoms with E-state index in [0.717, 1.165) is 33.1 Å². The van der Waals surface area contributed by atoms with E-state index in [1.54, 1.807) is 0 Å². The van der Waals surface area contributed by atoms with Crippen LogP contribution in [0.25, 0.3) is 110 Å². The number of furan rings is 1. The van der Waals surface area contributed by atoms with Gasteiger partial charge in [-0.2, -0.15) is 0 Å². The minimum absolute atomic E-state index is 0.903. The molecule has 256 valence electrons. The van der Waals surface area contributed by atoms with Crippen LogP contribution in [0.15, 0.2) is 211 Å². The molecule has 0 radical (unpaired) electrons. The zero-order valence-corrected chi connectivity index (χ0v) is 30.0. The maximum atomic E-state index is 6.35. The third kappa shape index (κ3) is 5.24. The number of rotatable bonds is 5. The van der Waals surface area contributed by atoms with Gasteiger partial charge in [0.15, 0.2) is 0 Å². The molecule has 1 nitrogen and oxygen atoms in total. The molecule has 0 aliphatic rings. The first-order chi connectivity index (χ1) is 27.3. The number of hydrogen-bond donors (Lipinski definition) is 0. The Balaban J connectivity index is 1.20. The van der Waals surface area contributed by atoms with Gasteiger partial charge in [0.1, 0.15) is 11.2 Å². The maximum Gasteiger partial charge on any atom is 0.136 e. The number of benzene rings is 10. The Labute approximate surface area is 319 Å². The summed E-state index contributed by atoms with van der Waals surface area (Å²) >= 11 is 0. The summed E-state index contributed by atoms with van der Waals surface area (Å²) in [5, 5.41) is 9.70. The molecular weight excluding hydrogens is 665 g/mol. The fourth-order valence-electron chi connectivity index (χ4n) is 8.66. The van der Waals surface area contributed by atoms with E-state index >= 15 is 0 Å². The monoisotopic (exact) mass is 698 g/mol. The first-order valence-corrected chi connectivity index (χ1v) is 18.9. The van der Waals surface area contributed by atoms with Crippen LogP contribution in [0, 0.1) is 0 Å². The smallest absolute Gasteiger partial charge is 0.136 e. The topological polar surface area (TPSA) is 13.1 Å².